The summed E-state index contributed by atoms with van der Waals surface area (Å²) >= 11 is 0. The van der Waals surface area contributed by atoms with Gasteiger partial charge in [-0.2, -0.15) is 0 Å². The van der Waals surface area contributed by atoms with Crippen LogP contribution in [0.25, 0.3) is 0 Å². The molecule has 18 heavy (non-hydrogen) atoms. The van der Waals surface area contributed by atoms with Gasteiger partial charge in [-0.25, -0.2) is 0 Å². The summed E-state index contributed by atoms with van der Waals surface area (Å²) in [5.41, 5.74) is 4.18. The van der Waals surface area contributed by atoms with Crippen LogP contribution in [0, 0.1) is 12.3 Å². The van der Waals surface area contributed by atoms with Gasteiger partial charge in [0.1, 0.15) is 6.04 Å². The summed E-state index contributed by atoms with van der Waals surface area (Å²) in [7, 11) is 0. The third-order valence-corrected chi connectivity index (χ3v) is 3.27. The van der Waals surface area contributed by atoms with Crippen LogP contribution in [0.4, 0.5) is 0 Å². The molecule has 100 valence electrons. The molecule has 0 radical (unpaired) electrons. The lowest BCUT2D eigenvalue weighted by atomic mass is 9.82. The molecule has 0 aliphatic heterocycles. The number of hydrogen-bond donors (Lipinski definition) is 3. The Hall–Kier alpha value is -1.54. The lowest BCUT2D eigenvalue weighted by molar-refractivity contribution is -0.131. The highest BCUT2D eigenvalue weighted by Gasteiger charge is 2.32. The van der Waals surface area contributed by atoms with Gasteiger partial charge >= 0.3 is 0 Å². The lowest BCUT2D eigenvalue weighted by Gasteiger charge is -2.31. The number of amides is 2. The maximum atomic E-state index is 11.8. The number of nitrogens with two attached hydrogens (primary N) is 1. The summed E-state index contributed by atoms with van der Waals surface area (Å²) in [5.74, 6) is 1.26. The molecular weight excluding hydrogens is 232 g/mol. The minimum atomic E-state index is -0.944. The summed E-state index contributed by atoms with van der Waals surface area (Å²) < 4.78 is 0. The van der Waals surface area contributed by atoms with E-state index in [4.69, 9.17) is 12.2 Å². The van der Waals surface area contributed by atoms with E-state index in [1.54, 1.807) is 0 Å². The minimum absolute atomic E-state index is 0.00134. The van der Waals surface area contributed by atoms with Crippen molar-refractivity contribution in [1.29, 1.82) is 0 Å². The number of carbonyl (C=O) groups excluding carboxylic acids is 2. The third-order valence-electron chi connectivity index (χ3n) is 3.27. The molecule has 1 aliphatic carbocycles. The molecule has 0 spiro atoms. The summed E-state index contributed by atoms with van der Waals surface area (Å²) in [6.45, 7) is 0. The van der Waals surface area contributed by atoms with Crippen molar-refractivity contribution >= 4 is 11.8 Å². The van der Waals surface area contributed by atoms with Gasteiger partial charge in [0.2, 0.25) is 11.8 Å². The Bertz CT molecular complexity index is 354. The number of primary amides is 1. The van der Waals surface area contributed by atoms with Crippen LogP contribution in [-0.2, 0) is 9.59 Å². The van der Waals surface area contributed by atoms with Crippen molar-refractivity contribution in [3.63, 3.8) is 0 Å². The smallest absolute Gasteiger partial charge is 0.240 e. The lowest BCUT2D eigenvalue weighted by Crippen LogP contribution is -2.47. The number of carbonyl (C=O) groups is 2. The van der Waals surface area contributed by atoms with Crippen molar-refractivity contribution in [1.82, 2.24) is 5.32 Å². The van der Waals surface area contributed by atoms with Gasteiger partial charge < -0.3 is 16.2 Å². The van der Waals surface area contributed by atoms with E-state index < -0.39 is 17.6 Å². The van der Waals surface area contributed by atoms with E-state index in [2.05, 4.69) is 11.2 Å². The standard InChI is InChI=1S/C13H20N2O3/c1-2-6-10(12(14)17)15-11(16)9-13(18)7-4-3-5-8-13/h1,10,18H,3-9H2,(H2,14,17)(H,15,16). The number of terminal acetylenes is 1. The third kappa shape index (κ3) is 4.38. The van der Waals surface area contributed by atoms with Crippen molar-refractivity contribution in [2.75, 3.05) is 0 Å². The van der Waals surface area contributed by atoms with Crippen molar-refractivity contribution in [2.24, 2.45) is 5.73 Å². The van der Waals surface area contributed by atoms with Crippen LogP contribution in [-0.4, -0.2) is 28.6 Å². The zero-order chi connectivity index (χ0) is 13.6. The van der Waals surface area contributed by atoms with E-state index >= 15 is 0 Å². The van der Waals surface area contributed by atoms with E-state index in [9.17, 15) is 14.7 Å². The van der Waals surface area contributed by atoms with Crippen LogP contribution in [0.5, 0.6) is 0 Å². The van der Waals surface area contributed by atoms with Gasteiger partial charge in [-0.15, -0.1) is 12.3 Å². The van der Waals surface area contributed by atoms with Crippen LogP contribution < -0.4 is 11.1 Å². The van der Waals surface area contributed by atoms with Crippen molar-refractivity contribution in [2.45, 2.75) is 56.6 Å². The van der Waals surface area contributed by atoms with Crippen LogP contribution in [0.15, 0.2) is 0 Å². The Kier molecular flexibility index (Phi) is 5.17. The monoisotopic (exact) mass is 252 g/mol. The molecule has 1 unspecified atom stereocenters. The van der Waals surface area contributed by atoms with Gasteiger partial charge in [-0.3, -0.25) is 9.59 Å². The van der Waals surface area contributed by atoms with Gasteiger partial charge in [-0.1, -0.05) is 19.3 Å². The molecule has 0 aromatic rings. The quantitative estimate of drug-likeness (QED) is 0.604. The Balaban J connectivity index is 2.49. The first-order chi connectivity index (χ1) is 8.47. The van der Waals surface area contributed by atoms with Crippen molar-refractivity contribution < 1.29 is 14.7 Å². The summed E-state index contributed by atoms with van der Waals surface area (Å²) in [6.07, 6.45) is 9.34. The minimum Gasteiger partial charge on any atom is -0.389 e. The fourth-order valence-electron chi connectivity index (χ4n) is 2.27. The maximum absolute atomic E-state index is 11.8. The second-order valence-corrected chi connectivity index (χ2v) is 4.89. The zero-order valence-corrected chi connectivity index (χ0v) is 10.4. The molecule has 4 N–H and O–H groups in total. The molecule has 2 amide bonds. The summed E-state index contributed by atoms with van der Waals surface area (Å²) in [4.78, 5) is 22.8. The first-order valence-corrected chi connectivity index (χ1v) is 6.21. The predicted octanol–water partition coefficient (Wildman–Crippen LogP) is 0.0651. The van der Waals surface area contributed by atoms with Crippen LogP contribution in [0.2, 0.25) is 0 Å². The largest absolute Gasteiger partial charge is 0.389 e. The highest BCUT2D eigenvalue weighted by molar-refractivity contribution is 5.87. The molecule has 1 aliphatic rings. The van der Waals surface area contributed by atoms with E-state index in [0.29, 0.717) is 12.8 Å². The van der Waals surface area contributed by atoms with Crippen molar-refractivity contribution in [3.05, 3.63) is 0 Å². The van der Waals surface area contributed by atoms with Gasteiger partial charge in [0, 0.05) is 6.42 Å². The molecule has 0 aromatic carbocycles. The molecule has 1 atom stereocenters. The van der Waals surface area contributed by atoms with Gasteiger partial charge in [0.25, 0.3) is 0 Å². The van der Waals surface area contributed by atoms with E-state index in [1.807, 2.05) is 0 Å². The Labute approximate surface area is 107 Å². The molecule has 5 nitrogen and oxygen atoms in total. The first-order valence-electron chi connectivity index (χ1n) is 6.21. The molecule has 1 fully saturated rings. The first kappa shape index (κ1) is 14.5. The fourth-order valence-corrected chi connectivity index (χ4v) is 2.27. The van der Waals surface area contributed by atoms with Crippen molar-refractivity contribution in [3.8, 4) is 12.3 Å². The molecular formula is C13H20N2O3. The number of nitrogens with one attached hydrogen (secondary N) is 1. The topological polar surface area (TPSA) is 92.4 Å². The second kappa shape index (κ2) is 6.41. The Morgan fingerprint density at radius 2 is 2.00 bits per heavy atom. The van der Waals surface area contributed by atoms with Crippen LogP contribution in [0.3, 0.4) is 0 Å². The molecule has 0 saturated heterocycles. The molecule has 5 heteroatoms. The normalized spacial score (nSPS) is 19.6. The van der Waals surface area contributed by atoms with Gasteiger partial charge in [-0.05, 0) is 12.8 Å². The molecule has 1 saturated carbocycles. The number of hydrogen-bond acceptors (Lipinski definition) is 3. The average molecular weight is 252 g/mol. The average Bonchev–Trinajstić information content (AvgIpc) is 2.28. The number of aliphatic hydroxyl groups is 1. The van der Waals surface area contributed by atoms with Crippen LogP contribution >= 0.6 is 0 Å². The van der Waals surface area contributed by atoms with Gasteiger partial charge in [0.05, 0.1) is 12.0 Å². The molecule has 0 heterocycles. The summed E-state index contributed by atoms with van der Waals surface area (Å²) in [6, 6.07) is -0.852. The molecule has 0 aromatic heterocycles. The fraction of sp³-hybridized carbons (Fsp3) is 0.692. The van der Waals surface area contributed by atoms with E-state index in [1.165, 1.54) is 0 Å². The van der Waals surface area contributed by atoms with E-state index in [-0.39, 0.29) is 18.7 Å². The number of rotatable bonds is 5. The Morgan fingerprint density at radius 3 is 2.50 bits per heavy atom. The van der Waals surface area contributed by atoms with E-state index in [0.717, 1.165) is 19.3 Å². The molecule has 1 rings (SSSR count). The Morgan fingerprint density at radius 1 is 1.39 bits per heavy atom. The zero-order valence-electron chi connectivity index (χ0n) is 10.4. The van der Waals surface area contributed by atoms with Gasteiger partial charge in [0.15, 0.2) is 0 Å². The second-order valence-electron chi connectivity index (χ2n) is 4.89. The molecule has 0 bridgehead atoms. The van der Waals surface area contributed by atoms with Crippen LogP contribution in [0.1, 0.15) is 44.9 Å². The predicted molar refractivity (Wildman–Crippen MR) is 67.2 cm³/mol. The summed E-state index contributed by atoms with van der Waals surface area (Å²) in [5, 5.41) is 12.7. The SMILES string of the molecule is C#CCC(NC(=O)CC1(O)CCCCC1)C(N)=O. The highest BCUT2D eigenvalue weighted by Crippen LogP contribution is 2.30. The highest BCUT2D eigenvalue weighted by atomic mass is 16.3. The maximum Gasteiger partial charge on any atom is 0.240 e.